The summed E-state index contributed by atoms with van der Waals surface area (Å²) in [6.45, 7) is 2.09. The van der Waals surface area contributed by atoms with E-state index in [1.54, 1.807) is 11.8 Å². The van der Waals surface area contributed by atoms with Crippen molar-refractivity contribution in [3.63, 3.8) is 0 Å². The molecular formula is C24H21BrN2OS2. The fraction of sp³-hybridized carbons (Fsp3) is 0.0833. The van der Waals surface area contributed by atoms with Crippen LogP contribution in [0.1, 0.15) is 26.4 Å². The highest BCUT2D eigenvalue weighted by molar-refractivity contribution is 8.00. The quantitative estimate of drug-likeness (QED) is 0.253. The predicted octanol–water partition coefficient (Wildman–Crippen LogP) is 2.44. The summed E-state index contributed by atoms with van der Waals surface area (Å²) < 4.78 is 3.03. The third-order valence-electron chi connectivity index (χ3n) is 4.59. The van der Waals surface area contributed by atoms with Crippen LogP contribution in [0.3, 0.4) is 0 Å². The van der Waals surface area contributed by atoms with Gasteiger partial charge in [-0.05, 0) is 12.5 Å². The third-order valence-corrected chi connectivity index (χ3v) is 7.12. The summed E-state index contributed by atoms with van der Waals surface area (Å²) in [6, 6.07) is 23.7. The number of aromatic nitrogens is 1. The zero-order chi connectivity index (χ0) is 20.2. The van der Waals surface area contributed by atoms with Gasteiger partial charge in [0.1, 0.15) is 14.8 Å². The molecule has 2 heterocycles. The van der Waals surface area contributed by atoms with E-state index in [0.29, 0.717) is 16.1 Å². The summed E-state index contributed by atoms with van der Waals surface area (Å²) in [7, 11) is 0. The van der Waals surface area contributed by atoms with E-state index in [1.807, 2.05) is 65.5 Å². The van der Waals surface area contributed by atoms with Crippen molar-refractivity contribution >= 4 is 34.6 Å². The second-order valence-electron chi connectivity index (χ2n) is 6.73. The molecule has 0 aliphatic rings. The minimum Gasteiger partial charge on any atom is -1.00 e. The normalized spacial score (nSPS) is 10.4. The Morgan fingerprint density at radius 3 is 2.27 bits per heavy atom. The molecule has 0 bridgehead atoms. The second kappa shape index (κ2) is 10.1. The molecule has 6 heteroatoms. The number of rotatable bonds is 6. The number of pyridine rings is 1. The maximum atomic E-state index is 13.1. The molecule has 0 aliphatic carbocycles. The van der Waals surface area contributed by atoms with Gasteiger partial charge in [0.05, 0.1) is 0 Å². The average molecular weight is 497 g/mol. The Bertz CT molecular complexity index is 1130. The van der Waals surface area contributed by atoms with Gasteiger partial charge in [-0.3, -0.25) is 4.79 Å². The van der Waals surface area contributed by atoms with Crippen molar-refractivity contribution in [2.45, 2.75) is 16.9 Å². The summed E-state index contributed by atoms with van der Waals surface area (Å²) >= 11 is 3.19. The van der Waals surface area contributed by atoms with Crippen molar-refractivity contribution in [2.75, 3.05) is 5.73 Å². The first-order valence-electron chi connectivity index (χ1n) is 9.30. The molecule has 0 radical (unpaired) electrons. The van der Waals surface area contributed by atoms with Gasteiger partial charge in [0.15, 0.2) is 12.4 Å². The van der Waals surface area contributed by atoms with Crippen molar-refractivity contribution < 1.29 is 26.3 Å². The van der Waals surface area contributed by atoms with Crippen molar-refractivity contribution in [3.05, 3.63) is 107 Å². The molecule has 152 valence electrons. The fourth-order valence-corrected chi connectivity index (χ4v) is 5.45. The molecule has 0 atom stereocenters. The molecule has 0 saturated heterocycles. The standard InChI is InChI=1S/C24H20N2OS2.BrH/c1-17-10-12-18(13-11-17)16-28-24-21(26-14-6-3-7-15-26)20(25)23(29-24)22(27)19-8-4-2-5-9-19;/h2-15H,16H2,1H3,(H-,25,27);1H. The van der Waals surface area contributed by atoms with E-state index in [1.165, 1.54) is 22.5 Å². The van der Waals surface area contributed by atoms with Crippen LogP contribution in [-0.2, 0) is 5.75 Å². The highest BCUT2D eigenvalue weighted by Crippen LogP contribution is 2.40. The van der Waals surface area contributed by atoms with Gasteiger partial charge in [0, 0.05) is 23.4 Å². The number of thiophene rings is 1. The maximum absolute atomic E-state index is 13.1. The number of carbonyl (C=O) groups excluding carboxylic acids is 1. The molecule has 0 fully saturated rings. The molecule has 2 N–H and O–H groups in total. The van der Waals surface area contributed by atoms with E-state index in [-0.39, 0.29) is 22.8 Å². The lowest BCUT2D eigenvalue weighted by atomic mass is 10.1. The van der Waals surface area contributed by atoms with E-state index in [0.717, 1.165) is 15.6 Å². The monoisotopic (exact) mass is 496 g/mol. The van der Waals surface area contributed by atoms with Crippen molar-refractivity contribution in [1.82, 2.24) is 0 Å². The number of hydrogen-bond donors (Lipinski definition) is 1. The SMILES string of the molecule is Cc1ccc(CSc2sc(C(=O)c3ccccc3)c(N)c2-[n+]2ccccc2)cc1.[Br-]. The van der Waals surface area contributed by atoms with Gasteiger partial charge in [-0.25, -0.2) is 0 Å². The van der Waals surface area contributed by atoms with Crippen molar-refractivity contribution in [3.8, 4) is 5.69 Å². The highest BCUT2D eigenvalue weighted by atomic mass is 79.9. The lowest BCUT2D eigenvalue weighted by Crippen LogP contribution is -3.00. The molecule has 2 aromatic carbocycles. The largest absolute Gasteiger partial charge is 1.00 e. The Morgan fingerprint density at radius 1 is 0.967 bits per heavy atom. The number of anilines is 1. The van der Waals surface area contributed by atoms with Gasteiger partial charge in [0.2, 0.25) is 5.78 Å². The van der Waals surface area contributed by atoms with Gasteiger partial charge in [-0.1, -0.05) is 66.2 Å². The summed E-state index contributed by atoms with van der Waals surface area (Å²) in [5.41, 5.74) is 11.1. The van der Waals surface area contributed by atoms with Crippen LogP contribution in [0.15, 0.2) is 89.4 Å². The summed E-state index contributed by atoms with van der Waals surface area (Å²) in [6.07, 6.45) is 3.93. The molecule has 4 rings (SSSR count). The average Bonchev–Trinajstić information content (AvgIpc) is 3.10. The first kappa shape index (κ1) is 22.3. The smallest absolute Gasteiger partial charge is 0.259 e. The van der Waals surface area contributed by atoms with Crippen LogP contribution in [0, 0.1) is 6.92 Å². The predicted molar refractivity (Wildman–Crippen MR) is 121 cm³/mol. The van der Waals surface area contributed by atoms with Gasteiger partial charge >= 0.3 is 0 Å². The number of carbonyl (C=O) groups is 1. The number of hydrogen-bond acceptors (Lipinski definition) is 4. The molecule has 2 aromatic heterocycles. The van der Waals surface area contributed by atoms with Crippen LogP contribution in [-0.4, -0.2) is 5.78 Å². The van der Waals surface area contributed by atoms with Crippen LogP contribution in [0.25, 0.3) is 5.69 Å². The number of halogens is 1. The Labute approximate surface area is 195 Å². The van der Waals surface area contributed by atoms with Crippen LogP contribution in [0.4, 0.5) is 5.69 Å². The zero-order valence-corrected chi connectivity index (χ0v) is 19.6. The Kier molecular flexibility index (Phi) is 7.48. The highest BCUT2D eigenvalue weighted by Gasteiger charge is 2.28. The van der Waals surface area contributed by atoms with Crippen molar-refractivity contribution in [2.24, 2.45) is 0 Å². The van der Waals surface area contributed by atoms with E-state index < -0.39 is 0 Å². The van der Waals surface area contributed by atoms with Gasteiger partial charge in [-0.15, -0.1) is 23.1 Å². The first-order valence-corrected chi connectivity index (χ1v) is 11.1. The lowest BCUT2D eigenvalue weighted by molar-refractivity contribution is -0.596. The van der Waals surface area contributed by atoms with E-state index >= 15 is 0 Å². The second-order valence-corrected chi connectivity index (χ2v) is 9.00. The summed E-state index contributed by atoms with van der Waals surface area (Å²) in [4.78, 5) is 13.7. The number of benzene rings is 2. The molecular weight excluding hydrogens is 476 g/mol. The first-order chi connectivity index (χ1) is 14.1. The van der Waals surface area contributed by atoms with Crippen LogP contribution < -0.4 is 27.3 Å². The Morgan fingerprint density at radius 2 is 1.60 bits per heavy atom. The number of nitrogens with two attached hydrogens (primary N) is 1. The van der Waals surface area contributed by atoms with Gasteiger partial charge in [-0.2, -0.15) is 4.57 Å². The number of nitrogen functional groups attached to an aromatic ring is 1. The number of aryl methyl sites for hydroxylation is 1. The zero-order valence-electron chi connectivity index (χ0n) is 16.4. The fourth-order valence-electron chi connectivity index (χ4n) is 3.03. The number of thioether (sulfide) groups is 1. The lowest BCUT2D eigenvalue weighted by Gasteiger charge is -2.02. The van der Waals surface area contributed by atoms with Gasteiger partial charge < -0.3 is 22.7 Å². The molecule has 0 spiro atoms. The molecule has 4 aromatic rings. The topological polar surface area (TPSA) is 47.0 Å². The Balaban J connectivity index is 0.00000256. The van der Waals surface area contributed by atoms with Gasteiger partial charge in [0.25, 0.3) is 5.69 Å². The maximum Gasteiger partial charge on any atom is 0.259 e. The summed E-state index contributed by atoms with van der Waals surface area (Å²) in [5.74, 6) is 0.785. The molecule has 0 aliphatic heterocycles. The van der Waals surface area contributed by atoms with Crippen LogP contribution >= 0.6 is 23.1 Å². The minimum absolute atomic E-state index is 0. The third kappa shape index (κ3) is 4.83. The van der Waals surface area contributed by atoms with Crippen LogP contribution in [0.5, 0.6) is 0 Å². The van der Waals surface area contributed by atoms with E-state index in [4.69, 9.17) is 5.73 Å². The molecule has 3 nitrogen and oxygen atoms in total. The molecule has 0 amide bonds. The van der Waals surface area contributed by atoms with E-state index in [2.05, 4.69) is 31.2 Å². The van der Waals surface area contributed by atoms with E-state index in [9.17, 15) is 4.79 Å². The molecule has 0 saturated carbocycles. The van der Waals surface area contributed by atoms with Crippen molar-refractivity contribution in [1.29, 1.82) is 0 Å². The minimum atomic E-state index is -0.0342. The number of ketones is 1. The summed E-state index contributed by atoms with van der Waals surface area (Å²) in [5, 5.41) is 0. The van der Waals surface area contributed by atoms with Crippen LogP contribution in [0.2, 0.25) is 0 Å². The number of nitrogens with zero attached hydrogens (tertiary/aromatic N) is 1. The molecule has 30 heavy (non-hydrogen) atoms. The Hall–Kier alpha value is -2.41. The molecule has 0 unspecified atom stereocenters.